The Labute approximate surface area is 157 Å². The van der Waals surface area contributed by atoms with E-state index < -0.39 is 0 Å². The van der Waals surface area contributed by atoms with Gasteiger partial charge in [-0.1, -0.05) is 48.0 Å². The number of rotatable bonds is 3. The van der Waals surface area contributed by atoms with Crippen LogP contribution in [0.5, 0.6) is 0 Å². The van der Waals surface area contributed by atoms with Crippen molar-refractivity contribution in [3.8, 4) is 0 Å². The van der Waals surface area contributed by atoms with Crippen LogP contribution >= 0.6 is 15.9 Å². The van der Waals surface area contributed by atoms with Crippen LogP contribution in [0.3, 0.4) is 0 Å². The van der Waals surface area contributed by atoms with Gasteiger partial charge in [0.15, 0.2) is 0 Å². The highest BCUT2D eigenvalue weighted by Crippen LogP contribution is 2.23. The fourth-order valence-corrected chi connectivity index (χ4v) is 4.48. The Morgan fingerprint density at radius 3 is 2.20 bits per heavy atom. The van der Waals surface area contributed by atoms with Crippen molar-refractivity contribution in [2.75, 3.05) is 26.2 Å². The van der Waals surface area contributed by atoms with E-state index in [1.165, 1.54) is 0 Å². The molecule has 6 nitrogen and oxygen atoms in total. The first-order chi connectivity index (χ1) is 12.0. The summed E-state index contributed by atoms with van der Waals surface area (Å²) in [5, 5.41) is 0. The van der Waals surface area contributed by atoms with E-state index >= 15 is 0 Å². The van der Waals surface area contributed by atoms with E-state index in [1.54, 1.807) is 0 Å². The normalized spacial score (nSPS) is 27.0. The van der Waals surface area contributed by atoms with Gasteiger partial charge >= 0.3 is 0 Å². The Kier molecular flexibility index (Phi) is 5.76. The van der Waals surface area contributed by atoms with Gasteiger partial charge < -0.3 is 9.80 Å². The molecular weight excluding hydrogens is 384 g/mol. The first-order valence-electron chi connectivity index (χ1n) is 8.77. The van der Waals surface area contributed by atoms with Gasteiger partial charge in [-0.25, -0.2) is 5.43 Å². The average Bonchev–Trinajstić information content (AvgIpc) is 3.03. The molecule has 2 aliphatic rings. The Bertz CT molecular complexity index is 617. The molecule has 3 atom stereocenters. The van der Waals surface area contributed by atoms with Crippen molar-refractivity contribution in [3.63, 3.8) is 0 Å². The highest BCUT2D eigenvalue weighted by molar-refractivity contribution is 9.09. The first kappa shape index (κ1) is 18.4. The molecule has 0 radical (unpaired) electrons. The maximum absolute atomic E-state index is 12.8. The molecule has 2 heterocycles. The number of carbonyl (C=O) groups excluding carboxylic acids is 2. The number of alkyl halides is 1. The summed E-state index contributed by atoms with van der Waals surface area (Å²) in [5.74, 6) is 0.547. The van der Waals surface area contributed by atoms with Crippen LogP contribution in [0.4, 0.5) is 0 Å². The molecule has 0 aliphatic carbocycles. The fourth-order valence-electron chi connectivity index (χ4n) is 3.37. The third-order valence-corrected chi connectivity index (χ3v) is 6.05. The van der Waals surface area contributed by atoms with Gasteiger partial charge in [-0.3, -0.25) is 15.0 Å². The van der Waals surface area contributed by atoms with Gasteiger partial charge in [0.25, 0.3) is 5.91 Å². The Hall–Kier alpha value is -1.44. The Morgan fingerprint density at radius 2 is 1.64 bits per heavy atom. The quantitative estimate of drug-likeness (QED) is 0.738. The second kappa shape index (κ2) is 7.85. The van der Waals surface area contributed by atoms with Gasteiger partial charge in [0.05, 0.1) is 4.83 Å². The Morgan fingerprint density at radius 1 is 1.04 bits per heavy atom. The lowest BCUT2D eigenvalue weighted by Gasteiger charge is -2.36. The van der Waals surface area contributed by atoms with Crippen molar-refractivity contribution >= 4 is 27.7 Å². The minimum absolute atomic E-state index is 0.0339. The van der Waals surface area contributed by atoms with Gasteiger partial charge in [0.1, 0.15) is 6.04 Å². The fraction of sp³-hybridized carbons (Fsp3) is 0.556. The summed E-state index contributed by atoms with van der Waals surface area (Å²) in [6, 6.07) is 9.24. The highest BCUT2D eigenvalue weighted by Gasteiger charge is 2.42. The lowest BCUT2D eigenvalue weighted by atomic mass is 9.99. The molecule has 7 heteroatoms. The number of hydrogen-bond donors (Lipinski definition) is 2. The highest BCUT2D eigenvalue weighted by atomic mass is 79.9. The third kappa shape index (κ3) is 3.88. The third-order valence-electron chi connectivity index (χ3n) is 4.95. The van der Waals surface area contributed by atoms with Crippen molar-refractivity contribution in [3.05, 3.63) is 35.9 Å². The SMILES string of the molecule is CC(C)C1NNC(C(=O)N2CCN(C(=O)c3ccccc3)CC2)C1Br. The predicted octanol–water partition coefficient (Wildman–Crippen LogP) is 1.24. The maximum atomic E-state index is 12.8. The summed E-state index contributed by atoms with van der Waals surface area (Å²) >= 11 is 3.67. The summed E-state index contributed by atoms with van der Waals surface area (Å²) in [6.07, 6.45) is 0. The molecule has 2 N–H and O–H groups in total. The number of amides is 2. The zero-order valence-electron chi connectivity index (χ0n) is 14.6. The summed E-state index contributed by atoms with van der Waals surface area (Å²) in [4.78, 5) is 29.0. The number of halogens is 1. The Balaban J connectivity index is 1.56. The number of benzene rings is 1. The second-order valence-electron chi connectivity index (χ2n) is 6.96. The van der Waals surface area contributed by atoms with Crippen molar-refractivity contribution in [1.82, 2.24) is 20.7 Å². The number of hydrogen-bond acceptors (Lipinski definition) is 4. The van der Waals surface area contributed by atoms with Crippen LogP contribution in [0.1, 0.15) is 24.2 Å². The van der Waals surface area contributed by atoms with Gasteiger partial charge in [-0.2, -0.15) is 0 Å². The van der Waals surface area contributed by atoms with Crippen LogP contribution in [0.2, 0.25) is 0 Å². The van der Waals surface area contributed by atoms with Crippen LogP contribution in [-0.4, -0.2) is 64.7 Å². The van der Waals surface area contributed by atoms with Gasteiger partial charge in [-0.05, 0) is 18.1 Å². The number of hydrazine groups is 1. The molecule has 3 unspecified atom stereocenters. The summed E-state index contributed by atoms with van der Waals surface area (Å²) in [6.45, 7) is 6.55. The zero-order valence-corrected chi connectivity index (χ0v) is 16.2. The zero-order chi connectivity index (χ0) is 18.0. The smallest absolute Gasteiger partial charge is 0.253 e. The molecule has 0 spiro atoms. The molecule has 3 rings (SSSR count). The molecule has 2 aliphatic heterocycles. The molecule has 2 saturated heterocycles. The van der Waals surface area contributed by atoms with Crippen molar-refractivity contribution in [2.24, 2.45) is 5.92 Å². The predicted molar refractivity (Wildman–Crippen MR) is 100 cm³/mol. The van der Waals surface area contributed by atoms with Crippen molar-refractivity contribution in [2.45, 2.75) is 30.8 Å². The largest absolute Gasteiger partial charge is 0.338 e. The summed E-state index contributed by atoms with van der Waals surface area (Å²) in [5.41, 5.74) is 7.04. The number of nitrogens with one attached hydrogen (secondary N) is 2. The molecule has 1 aromatic carbocycles. The lowest BCUT2D eigenvalue weighted by molar-refractivity contribution is -0.134. The topological polar surface area (TPSA) is 64.7 Å². The summed E-state index contributed by atoms with van der Waals surface area (Å²) < 4.78 is 0. The van der Waals surface area contributed by atoms with E-state index in [1.807, 2.05) is 40.1 Å². The van der Waals surface area contributed by atoms with Crippen LogP contribution in [0, 0.1) is 5.92 Å². The van der Waals surface area contributed by atoms with E-state index in [4.69, 9.17) is 0 Å². The standard InChI is InChI=1S/C18H25BrN4O2/c1-12(2)15-14(19)16(21-20-15)18(25)23-10-8-22(9-11-23)17(24)13-6-4-3-5-7-13/h3-7,12,14-16,20-21H,8-11H2,1-2H3. The molecule has 25 heavy (non-hydrogen) atoms. The summed E-state index contributed by atoms with van der Waals surface area (Å²) in [7, 11) is 0. The number of piperazine rings is 1. The molecule has 136 valence electrons. The van der Waals surface area contributed by atoms with E-state index in [0.29, 0.717) is 37.7 Å². The van der Waals surface area contributed by atoms with E-state index in [-0.39, 0.29) is 28.7 Å². The van der Waals surface area contributed by atoms with Gasteiger partial charge in [0, 0.05) is 37.8 Å². The van der Waals surface area contributed by atoms with E-state index in [2.05, 4.69) is 40.6 Å². The minimum atomic E-state index is -0.274. The van der Waals surface area contributed by atoms with Gasteiger partial charge in [-0.15, -0.1) is 0 Å². The van der Waals surface area contributed by atoms with E-state index in [9.17, 15) is 9.59 Å². The second-order valence-corrected chi connectivity index (χ2v) is 8.02. The molecular formula is C18H25BrN4O2. The number of carbonyl (C=O) groups is 2. The minimum Gasteiger partial charge on any atom is -0.338 e. The number of nitrogens with zero attached hydrogens (tertiary/aromatic N) is 2. The lowest BCUT2D eigenvalue weighted by Crippen LogP contribution is -2.56. The van der Waals surface area contributed by atoms with Crippen molar-refractivity contribution in [1.29, 1.82) is 0 Å². The first-order valence-corrected chi connectivity index (χ1v) is 9.69. The molecule has 0 aromatic heterocycles. The average molecular weight is 409 g/mol. The molecule has 1 aromatic rings. The maximum Gasteiger partial charge on any atom is 0.253 e. The molecule has 2 amide bonds. The van der Waals surface area contributed by atoms with Crippen LogP contribution < -0.4 is 10.9 Å². The molecule has 0 bridgehead atoms. The van der Waals surface area contributed by atoms with Crippen LogP contribution in [-0.2, 0) is 4.79 Å². The molecule has 0 saturated carbocycles. The van der Waals surface area contributed by atoms with E-state index in [0.717, 1.165) is 0 Å². The van der Waals surface area contributed by atoms with Gasteiger partial charge in [0.2, 0.25) is 5.91 Å². The van der Waals surface area contributed by atoms with Crippen LogP contribution in [0.25, 0.3) is 0 Å². The van der Waals surface area contributed by atoms with Crippen LogP contribution in [0.15, 0.2) is 30.3 Å². The monoisotopic (exact) mass is 408 g/mol. The molecule has 2 fully saturated rings. The van der Waals surface area contributed by atoms with Crippen molar-refractivity contribution < 1.29 is 9.59 Å².